The Bertz CT molecular complexity index is 540. The van der Waals surface area contributed by atoms with Crippen molar-refractivity contribution in [2.75, 3.05) is 39.8 Å². The zero-order valence-electron chi connectivity index (χ0n) is 12.9. The summed E-state index contributed by atoms with van der Waals surface area (Å²) in [5, 5.41) is 0. The number of nitrogens with zero attached hydrogens (tertiary/aromatic N) is 4. The van der Waals surface area contributed by atoms with Gasteiger partial charge in [-0.2, -0.15) is 0 Å². The largest absolute Gasteiger partial charge is 0.344 e. The molecule has 1 aromatic heterocycles. The van der Waals surface area contributed by atoms with Gasteiger partial charge in [-0.15, -0.1) is 0 Å². The van der Waals surface area contributed by atoms with E-state index in [-0.39, 0.29) is 17.9 Å². The predicted octanol–water partition coefficient (Wildman–Crippen LogP) is -0.001000. The lowest BCUT2D eigenvalue weighted by atomic mass is 10.1. The van der Waals surface area contributed by atoms with E-state index in [1.54, 1.807) is 17.3 Å². The Balaban J connectivity index is 1.51. The molecule has 118 valence electrons. The van der Waals surface area contributed by atoms with Gasteiger partial charge in [0.1, 0.15) is 0 Å². The fourth-order valence-electron chi connectivity index (χ4n) is 3.21. The van der Waals surface area contributed by atoms with E-state index in [4.69, 9.17) is 0 Å². The Kier molecular flexibility index (Phi) is 4.38. The van der Waals surface area contributed by atoms with E-state index in [0.29, 0.717) is 19.5 Å². The molecule has 22 heavy (non-hydrogen) atoms. The quantitative estimate of drug-likeness (QED) is 0.788. The Hall–Kier alpha value is -1.95. The summed E-state index contributed by atoms with van der Waals surface area (Å²) in [5.41, 5.74) is 0.947. The van der Waals surface area contributed by atoms with Crippen molar-refractivity contribution < 1.29 is 9.59 Å². The topological polar surface area (TPSA) is 56.8 Å². The molecule has 2 amide bonds. The first-order chi connectivity index (χ1) is 10.6. The van der Waals surface area contributed by atoms with Crippen molar-refractivity contribution >= 4 is 11.8 Å². The molecule has 1 unspecified atom stereocenters. The van der Waals surface area contributed by atoms with Crippen LogP contribution in [0.3, 0.4) is 0 Å². The van der Waals surface area contributed by atoms with Crippen molar-refractivity contribution in [3.8, 4) is 0 Å². The highest BCUT2D eigenvalue weighted by atomic mass is 16.2. The van der Waals surface area contributed by atoms with Crippen LogP contribution in [0.25, 0.3) is 0 Å². The van der Waals surface area contributed by atoms with Gasteiger partial charge in [0.15, 0.2) is 0 Å². The van der Waals surface area contributed by atoms with Crippen molar-refractivity contribution in [3.05, 3.63) is 30.1 Å². The molecule has 0 saturated carbocycles. The molecular formula is C16H22N4O2. The van der Waals surface area contributed by atoms with E-state index in [2.05, 4.69) is 9.88 Å². The molecule has 1 aromatic rings. The van der Waals surface area contributed by atoms with E-state index < -0.39 is 0 Å². The van der Waals surface area contributed by atoms with Crippen LogP contribution in [-0.4, -0.2) is 77.3 Å². The fourth-order valence-corrected chi connectivity index (χ4v) is 3.21. The molecule has 3 heterocycles. The Morgan fingerprint density at radius 2 is 2.05 bits per heavy atom. The molecule has 0 spiro atoms. The summed E-state index contributed by atoms with van der Waals surface area (Å²) in [7, 11) is 1.86. The lowest BCUT2D eigenvalue weighted by Crippen LogP contribution is -2.53. The molecular weight excluding hydrogens is 280 g/mol. The third-order valence-electron chi connectivity index (χ3n) is 4.59. The molecule has 6 heteroatoms. The summed E-state index contributed by atoms with van der Waals surface area (Å²) in [6.07, 6.45) is 4.75. The zero-order valence-corrected chi connectivity index (χ0v) is 12.9. The van der Waals surface area contributed by atoms with E-state index in [0.717, 1.165) is 31.6 Å². The summed E-state index contributed by atoms with van der Waals surface area (Å²) in [5.74, 6) is 0.359. The molecule has 0 aromatic carbocycles. The van der Waals surface area contributed by atoms with E-state index in [1.165, 1.54) is 0 Å². The van der Waals surface area contributed by atoms with Crippen molar-refractivity contribution in [3.63, 3.8) is 0 Å². The van der Waals surface area contributed by atoms with Gasteiger partial charge in [-0.1, -0.05) is 6.07 Å². The fraction of sp³-hybridized carbons (Fsp3) is 0.562. The van der Waals surface area contributed by atoms with Crippen LogP contribution in [-0.2, 0) is 16.0 Å². The highest BCUT2D eigenvalue weighted by molar-refractivity contribution is 5.83. The van der Waals surface area contributed by atoms with Crippen LogP contribution in [0.2, 0.25) is 0 Å². The van der Waals surface area contributed by atoms with Crippen LogP contribution in [0, 0.1) is 0 Å². The molecule has 2 fully saturated rings. The summed E-state index contributed by atoms with van der Waals surface area (Å²) in [6, 6.07) is 3.79. The summed E-state index contributed by atoms with van der Waals surface area (Å²) < 4.78 is 0. The minimum absolute atomic E-state index is 0.0144. The molecule has 0 aliphatic carbocycles. The molecule has 0 N–H and O–H groups in total. The van der Waals surface area contributed by atoms with Crippen molar-refractivity contribution in [2.24, 2.45) is 0 Å². The minimum Gasteiger partial charge on any atom is -0.344 e. The molecule has 0 radical (unpaired) electrons. The van der Waals surface area contributed by atoms with Crippen LogP contribution in [0.5, 0.6) is 0 Å². The van der Waals surface area contributed by atoms with Gasteiger partial charge in [-0.3, -0.25) is 19.5 Å². The van der Waals surface area contributed by atoms with Gasteiger partial charge in [0.05, 0.1) is 12.5 Å². The van der Waals surface area contributed by atoms with E-state index in [1.807, 2.05) is 24.1 Å². The number of carbonyl (C=O) groups is 2. The Morgan fingerprint density at radius 1 is 1.27 bits per heavy atom. The number of hydrogen-bond donors (Lipinski definition) is 0. The smallest absolute Gasteiger partial charge is 0.239 e. The maximum atomic E-state index is 12.3. The standard InChI is InChI=1S/C16H22N4O2/c1-18-6-4-14(16(18)22)19-7-9-20(10-8-19)15(21)11-13-3-2-5-17-12-13/h2-3,5,12,14H,4,6-11H2,1H3. The number of aromatic nitrogens is 1. The first-order valence-corrected chi connectivity index (χ1v) is 7.81. The molecule has 2 aliphatic rings. The second kappa shape index (κ2) is 6.44. The number of amides is 2. The van der Waals surface area contributed by atoms with Crippen molar-refractivity contribution in [1.29, 1.82) is 0 Å². The molecule has 6 nitrogen and oxygen atoms in total. The Morgan fingerprint density at radius 3 is 2.64 bits per heavy atom. The van der Waals surface area contributed by atoms with E-state index >= 15 is 0 Å². The number of likely N-dealkylation sites (tertiary alicyclic amines) is 1. The maximum absolute atomic E-state index is 12.3. The van der Waals surface area contributed by atoms with Gasteiger partial charge < -0.3 is 9.80 Å². The number of piperazine rings is 1. The molecule has 1 atom stereocenters. The van der Waals surface area contributed by atoms with Gasteiger partial charge >= 0.3 is 0 Å². The van der Waals surface area contributed by atoms with Crippen molar-refractivity contribution in [1.82, 2.24) is 19.7 Å². The van der Waals surface area contributed by atoms with Crippen LogP contribution < -0.4 is 0 Å². The van der Waals surface area contributed by atoms with Crippen molar-refractivity contribution in [2.45, 2.75) is 18.9 Å². The summed E-state index contributed by atoms with van der Waals surface area (Å²) in [4.78, 5) is 34.3. The van der Waals surface area contributed by atoms with Crippen LogP contribution in [0.15, 0.2) is 24.5 Å². The summed E-state index contributed by atoms with van der Waals surface area (Å²) >= 11 is 0. The highest BCUT2D eigenvalue weighted by Crippen LogP contribution is 2.18. The minimum atomic E-state index is 0.0144. The van der Waals surface area contributed by atoms with Gasteiger partial charge in [-0.25, -0.2) is 0 Å². The second-order valence-electron chi connectivity index (χ2n) is 6.02. The van der Waals surface area contributed by atoms with Crippen LogP contribution in [0.1, 0.15) is 12.0 Å². The average molecular weight is 302 g/mol. The number of rotatable bonds is 3. The van der Waals surface area contributed by atoms with Gasteiger partial charge in [-0.05, 0) is 18.1 Å². The molecule has 2 aliphatic heterocycles. The second-order valence-corrected chi connectivity index (χ2v) is 6.02. The van der Waals surface area contributed by atoms with Gasteiger partial charge in [0.25, 0.3) is 0 Å². The van der Waals surface area contributed by atoms with E-state index in [9.17, 15) is 9.59 Å². The lowest BCUT2D eigenvalue weighted by molar-refractivity contribution is -0.134. The monoisotopic (exact) mass is 302 g/mol. The molecule has 2 saturated heterocycles. The Labute approximate surface area is 130 Å². The van der Waals surface area contributed by atoms with Crippen LogP contribution >= 0.6 is 0 Å². The predicted molar refractivity (Wildman–Crippen MR) is 82.1 cm³/mol. The molecule has 3 rings (SSSR count). The number of hydrogen-bond acceptors (Lipinski definition) is 4. The maximum Gasteiger partial charge on any atom is 0.239 e. The number of carbonyl (C=O) groups excluding carboxylic acids is 2. The summed E-state index contributed by atoms with van der Waals surface area (Å²) in [6.45, 7) is 3.80. The average Bonchev–Trinajstić information content (AvgIpc) is 2.88. The lowest BCUT2D eigenvalue weighted by Gasteiger charge is -2.37. The third-order valence-corrected chi connectivity index (χ3v) is 4.59. The zero-order chi connectivity index (χ0) is 15.5. The van der Waals surface area contributed by atoms with Gasteiger partial charge in [0.2, 0.25) is 11.8 Å². The van der Waals surface area contributed by atoms with Gasteiger partial charge in [0, 0.05) is 52.2 Å². The first-order valence-electron chi connectivity index (χ1n) is 7.81. The number of likely N-dealkylation sites (N-methyl/N-ethyl adjacent to an activating group) is 1. The van der Waals surface area contributed by atoms with Crippen LogP contribution in [0.4, 0.5) is 0 Å². The number of pyridine rings is 1. The molecule has 0 bridgehead atoms. The highest BCUT2D eigenvalue weighted by Gasteiger charge is 2.35. The first kappa shape index (κ1) is 15.0. The SMILES string of the molecule is CN1CCC(N2CCN(C(=O)Cc3cccnc3)CC2)C1=O. The normalized spacial score (nSPS) is 23.1. The third kappa shape index (κ3) is 3.11.